The molecule has 0 aromatic heterocycles. The van der Waals surface area contributed by atoms with Gasteiger partial charge in [0.05, 0.1) is 12.9 Å². The zero-order valence-electron chi connectivity index (χ0n) is 18.6. The van der Waals surface area contributed by atoms with Gasteiger partial charge in [0.2, 0.25) is 10.0 Å². The number of piperidine rings is 1. The van der Waals surface area contributed by atoms with Gasteiger partial charge in [-0.1, -0.05) is 26.0 Å². The van der Waals surface area contributed by atoms with E-state index < -0.39 is 10.0 Å². The van der Waals surface area contributed by atoms with Gasteiger partial charge < -0.3 is 15.4 Å². The molecule has 1 unspecified atom stereocenters. The van der Waals surface area contributed by atoms with Gasteiger partial charge in [0, 0.05) is 32.7 Å². The van der Waals surface area contributed by atoms with Crippen LogP contribution in [0.1, 0.15) is 51.0 Å². The van der Waals surface area contributed by atoms with Gasteiger partial charge in [-0.3, -0.25) is 4.99 Å². The summed E-state index contributed by atoms with van der Waals surface area (Å²) in [6, 6.07) is 8.45. The normalized spacial score (nSPS) is 17.1. The number of benzene rings is 1. The van der Waals surface area contributed by atoms with Gasteiger partial charge in [0.1, 0.15) is 5.75 Å². The monoisotopic (exact) mass is 552 g/mol. The molecule has 0 amide bonds. The summed E-state index contributed by atoms with van der Waals surface area (Å²) >= 11 is 0. The molecule has 172 valence electrons. The number of aliphatic imine (C=N–C) groups is 1. The Labute approximate surface area is 199 Å². The second kappa shape index (κ2) is 13.4. The quantitative estimate of drug-likeness (QED) is 0.280. The molecule has 1 atom stereocenters. The fourth-order valence-corrected chi connectivity index (χ4v) is 5.10. The number of nitrogens with one attached hydrogen (secondary N) is 2. The average molecular weight is 553 g/mol. The fourth-order valence-electron chi connectivity index (χ4n) is 3.56. The molecule has 0 bridgehead atoms. The van der Waals surface area contributed by atoms with E-state index in [0.717, 1.165) is 37.5 Å². The number of hydrogen-bond donors (Lipinski definition) is 2. The van der Waals surface area contributed by atoms with Gasteiger partial charge in [-0.2, -0.15) is 0 Å². The minimum atomic E-state index is -3.09. The molecule has 30 heavy (non-hydrogen) atoms. The maximum absolute atomic E-state index is 12.2. The molecule has 1 saturated heterocycles. The van der Waals surface area contributed by atoms with Gasteiger partial charge in [0.25, 0.3) is 0 Å². The summed E-state index contributed by atoms with van der Waals surface area (Å²) in [5.74, 6) is 2.32. The molecule has 1 aromatic rings. The average Bonchev–Trinajstić information content (AvgIpc) is 2.73. The van der Waals surface area contributed by atoms with Crippen molar-refractivity contribution in [2.45, 2.75) is 51.5 Å². The number of sulfonamides is 1. The van der Waals surface area contributed by atoms with Gasteiger partial charge in [0.15, 0.2) is 5.96 Å². The van der Waals surface area contributed by atoms with E-state index in [4.69, 9.17) is 4.74 Å². The molecule has 0 spiro atoms. The van der Waals surface area contributed by atoms with Gasteiger partial charge in [-0.15, -0.1) is 24.0 Å². The number of methoxy groups -OCH3 is 1. The molecule has 0 saturated carbocycles. The highest BCUT2D eigenvalue weighted by Gasteiger charge is 2.27. The number of guanidine groups is 1. The smallest absolute Gasteiger partial charge is 0.214 e. The lowest BCUT2D eigenvalue weighted by molar-refractivity contribution is 0.306. The summed E-state index contributed by atoms with van der Waals surface area (Å²) < 4.78 is 31.2. The number of nitrogens with zero attached hydrogens (tertiary/aromatic N) is 2. The Morgan fingerprint density at radius 1 is 1.27 bits per heavy atom. The summed E-state index contributed by atoms with van der Waals surface area (Å²) in [4.78, 5) is 4.32. The maximum atomic E-state index is 12.2. The Kier molecular flexibility index (Phi) is 12.0. The van der Waals surface area contributed by atoms with Crippen molar-refractivity contribution in [3.8, 4) is 5.75 Å². The molecule has 0 radical (unpaired) electrons. The lowest BCUT2D eigenvalue weighted by Crippen LogP contribution is -2.50. The van der Waals surface area contributed by atoms with Crippen molar-refractivity contribution < 1.29 is 13.2 Å². The highest BCUT2D eigenvalue weighted by atomic mass is 127. The number of ether oxygens (including phenoxy) is 1. The van der Waals surface area contributed by atoms with Crippen molar-refractivity contribution in [3.63, 3.8) is 0 Å². The summed E-state index contributed by atoms with van der Waals surface area (Å²) in [7, 11) is 0.349. The van der Waals surface area contributed by atoms with Crippen molar-refractivity contribution in [1.82, 2.24) is 14.9 Å². The van der Waals surface area contributed by atoms with Gasteiger partial charge >= 0.3 is 0 Å². The first kappa shape index (κ1) is 27.0. The summed E-state index contributed by atoms with van der Waals surface area (Å²) in [5, 5.41) is 6.82. The Hall–Kier alpha value is -1.07. The summed E-state index contributed by atoms with van der Waals surface area (Å²) in [6.07, 6.45) is 3.24. The largest absolute Gasteiger partial charge is 0.497 e. The predicted molar refractivity (Wildman–Crippen MR) is 135 cm³/mol. The minimum Gasteiger partial charge on any atom is -0.497 e. The van der Waals surface area contributed by atoms with E-state index in [-0.39, 0.29) is 35.8 Å². The van der Waals surface area contributed by atoms with E-state index in [1.54, 1.807) is 18.5 Å². The van der Waals surface area contributed by atoms with Crippen LogP contribution >= 0.6 is 24.0 Å². The van der Waals surface area contributed by atoms with E-state index in [9.17, 15) is 8.42 Å². The molecular weight excluding hydrogens is 515 g/mol. The molecule has 2 N–H and O–H groups in total. The number of halogens is 1. The summed E-state index contributed by atoms with van der Waals surface area (Å²) in [6.45, 7) is 6.08. The molecule has 1 aliphatic heterocycles. The van der Waals surface area contributed by atoms with E-state index in [1.807, 2.05) is 19.1 Å². The van der Waals surface area contributed by atoms with Gasteiger partial charge in [-0.05, 0) is 49.3 Å². The van der Waals surface area contributed by atoms with E-state index in [1.165, 1.54) is 5.56 Å². The predicted octanol–water partition coefficient (Wildman–Crippen LogP) is 3.18. The van der Waals surface area contributed by atoms with Crippen LogP contribution in [0.25, 0.3) is 0 Å². The SMILES string of the molecule is CCCS(=O)(=O)N1CCC(NC(=NC)NCCC(C)c2ccc(OC)cc2)CC1.I. The number of hydrogen-bond acceptors (Lipinski definition) is 4. The molecular formula is C21H37IN4O3S. The third-order valence-corrected chi connectivity index (χ3v) is 7.50. The van der Waals surface area contributed by atoms with Crippen LogP contribution in [-0.4, -0.2) is 64.3 Å². The highest BCUT2D eigenvalue weighted by molar-refractivity contribution is 14.0. The minimum absolute atomic E-state index is 0. The molecule has 9 heteroatoms. The number of rotatable bonds is 9. The third-order valence-electron chi connectivity index (χ3n) is 5.43. The molecule has 7 nitrogen and oxygen atoms in total. The first-order chi connectivity index (χ1) is 13.9. The lowest BCUT2D eigenvalue weighted by atomic mass is 9.98. The van der Waals surface area contributed by atoms with Crippen molar-refractivity contribution >= 4 is 40.0 Å². The Morgan fingerprint density at radius 3 is 2.43 bits per heavy atom. The van der Waals surface area contributed by atoms with Crippen LogP contribution in [-0.2, 0) is 10.0 Å². The third kappa shape index (κ3) is 8.22. The molecule has 1 fully saturated rings. The van der Waals surface area contributed by atoms with Crippen LogP contribution in [0, 0.1) is 0 Å². The fraction of sp³-hybridized carbons (Fsp3) is 0.667. The molecule has 0 aliphatic carbocycles. The lowest BCUT2D eigenvalue weighted by Gasteiger charge is -2.32. The summed E-state index contributed by atoms with van der Waals surface area (Å²) in [5.41, 5.74) is 1.29. The van der Waals surface area contributed by atoms with E-state index in [0.29, 0.717) is 25.4 Å². The van der Waals surface area contributed by atoms with E-state index in [2.05, 4.69) is 34.7 Å². The molecule has 1 heterocycles. The zero-order valence-corrected chi connectivity index (χ0v) is 21.7. The second-order valence-corrected chi connectivity index (χ2v) is 9.68. The molecule has 1 aliphatic rings. The van der Waals surface area contributed by atoms with Gasteiger partial charge in [-0.25, -0.2) is 12.7 Å². The zero-order chi connectivity index (χ0) is 21.3. The Balaban J connectivity index is 0.00000450. The first-order valence-corrected chi connectivity index (χ1v) is 12.1. The topological polar surface area (TPSA) is 83.0 Å². The highest BCUT2D eigenvalue weighted by Crippen LogP contribution is 2.21. The van der Waals surface area contributed by atoms with Crippen LogP contribution in [0.5, 0.6) is 5.75 Å². The molecule has 2 rings (SSSR count). The molecule has 1 aromatic carbocycles. The van der Waals surface area contributed by atoms with Crippen molar-refractivity contribution in [1.29, 1.82) is 0 Å². The van der Waals surface area contributed by atoms with Crippen molar-refractivity contribution in [3.05, 3.63) is 29.8 Å². The van der Waals surface area contributed by atoms with Crippen LogP contribution in [0.4, 0.5) is 0 Å². The first-order valence-electron chi connectivity index (χ1n) is 10.5. The van der Waals surface area contributed by atoms with Crippen molar-refractivity contribution in [2.75, 3.05) is 39.5 Å². The maximum Gasteiger partial charge on any atom is 0.214 e. The van der Waals surface area contributed by atoms with Crippen LogP contribution in [0.2, 0.25) is 0 Å². The van der Waals surface area contributed by atoms with E-state index >= 15 is 0 Å². The Morgan fingerprint density at radius 2 is 1.90 bits per heavy atom. The second-order valence-electron chi connectivity index (χ2n) is 7.60. The van der Waals surface area contributed by atoms with Crippen molar-refractivity contribution in [2.24, 2.45) is 4.99 Å². The van der Waals surface area contributed by atoms with Crippen LogP contribution < -0.4 is 15.4 Å². The van der Waals surface area contributed by atoms with Crippen LogP contribution in [0.3, 0.4) is 0 Å². The standard InChI is InChI=1S/C21H36N4O3S.HI/c1-5-16-29(26,27)25-14-11-19(12-15-25)24-21(22-3)23-13-10-17(2)18-6-8-20(28-4)9-7-18;/h6-9,17,19H,5,10-16H2,1-4H3,(H2,22,23,24);1H. The Bertz CT molecular complexity index is 748. The van der Waals surface area contributed by atoms with Crippen LogP contribution in [0.15, 0.2) is 29.3 Å².